The average molecular weight is 316 g/mol. The summed E-state index contributed by atoms with van der Waals surface area (Å²) >= 11 is 1.57. The molecule has 0 aliphatic carbocycles. The zero-order valence-corrected chi connectivity index (χ0v) is 13.0. The first-order valence-corrected chi connectivity index (χ1v) is 7.66. The Morgan fingerprint density at radius 1 is 1.09 bits per heavy atom. The highest BCUT2D eigenvalue weighted by Gasteiger charge is 2.05. The predicted molar refractivity (Wildman–Crippen MR) is 86.4 cm³/mol. The fourth-order valence-electron chi connectivity index (χ4n) is 1.73. The van der Waals surface area contributed by atoms with Gasteiger partial charge in [-0.1, -0.05) is 30.3 Å². The minimum Gasteiger partial charge on any atom is -0.463 e. The van der Waals surface area contributed by atoms with Crippen molar-refractivity contribution in [2.45, 2.75) is 6.92 Å². The molecule has 1 aromatic heterocycles. The molecule has 0 bridgehead atoms. The summed E-state index contributed by atoms with van der Waals surface area (Å²) in [6.07, 6.45) is 2.98. The molecule has 0 unspecified atom stereocenters. The lowest BCUT2D eigenvalue weighted by Gasteiger charge is -2.01. The summed E-state index contributed by atoms with van der Waals surface area (Å²) in [5.74, 6) is -1.12. The van der Waals surface area contributed by atoms with E-state index in [4.69, 9.17) is 4.74 Å². The van der Waals surface area contributed by atoms with Crippen molar-refractivity contribution in [1.82, 2.24) is 0 Å². The maximum absolute atomic E-state index is 11.5. The molecule has 1 heterocycles. The summed E-state index contributed by atoms with van der Waals surface area (Å²) in [6, 6.07) is 13.9. The zero-order chi connectivity index (χ0) is 15.8. The molecule has 4 nitrogen and oxygen atoms in total. The first kappa shape index (κ1) is 16.0. The van der Waals surface area contributed by atoms with Gasteiger partial charge in [0.05, 0.1) is 6.61 Å². The molecule has 0 aliphatic rings. The molecule has 114 valence electrons. The maximum atomic E-state index is 11.5. The molecule has 0 fully saturated rings. The van der Waals surface area contributed by atoms with E-state index in [0.29, 0.717) is 0 Å². The number of thiophene rings is 1. The standard InChI is InChI=1S/C17H16O4S/c1-2-20-17(19)12-21-16(18)11-9-14-8-10-15(22-14)13-6-4-3-5-7-13/h3-11H,2,12H2,1H3/b11-9+. The van der Waals surface area contributed by atoms with Gasteiger partial charge < -0.3 is 9.47 Å². The van der Waals surface area contributed by atoms with Crippen molar-refractivity contribution in [3.63, 3.8) is 0 Å². The third-order valence-corrected chi connectivity index (χ3v) is 3.81. The lowest BCUT2D eigenvalue weighted by Crippen LogP contribution is -2.14. The second kappa shape index (κ2) is 8.14. The number of hydrogen-bond acceptors (Lipinski definition) is 5. The van der Waals surface area contributed by atoms with Crippen LogP contribution < -0.4 is 0 Å². The molecule has 0 atom stereocenters. The number of carbonyl (C=O) groups is 2. The smallest absolute Gasteiger partial charge is 0.344 e. The minimum atomic E-state index is -0.567. The highest BCUT2D eigenvalue weighted by Crippen LogP contribution is 2.28. The molecule has 0 saturated heterocycles. The van der Waals surface area contributed by atoms with Crippen molar-refractivity contribution in [1.29, 1.82) is 0 Å². The quantitative estimate of drug-likeness (QED) is 0.604. The number of esters is 2. The van der Waals surface area contributed by atoms with Crippen LogP contribution in [0, 0.1) is 0 Å². The highest BCUT2D eigenvalue weighted by atomic mass is 32.1. The molecule has 0 spiro atoms. The molecule has 2 rings (SSSR count). The molecule has 22 heavy (non-hydrogen) atoms. The van der Waals surface area contributed by atoms with Crippen LogP contribution in [0.25, 0.3) is 16.5 Å². The van der Waals surface area contributed by atoms with E-state index in [0.717, 1.165) is 15.3 Å². The van der Waals surface area contributed by atoms with Gasteiger partial charge in [0.2, 0.25) is 0 Å². The predicted octanol–water partition coefficient (Wildman–Crippen LogP) is 3.53. The fraction of sp³-hybridized carbons (Fsp3) is 0.176. The Morgan fingerprint density at radius 2 is 1.86 bits per heavy atom. The number of ether oxygens (including phenoxy) is 2. The molecule has 0 N–H and O–H groups in total. The minimum absolute atomic E-state index is 0.268. The van der Waals surface area contributed by atoms with Crippen LogP contribution in [0.5, 0.6) is 0 Å². The van der Waals surface area contributed by atoms with Gasteiger partial charge in [-0.2, -0.15) is 0 Å². The van der Waals surface area contributed by atoms with E-state index in [9.17, 15) is 9.59 Å². The lowest BCUT2D eigenvalue weighted by atomic mass is 10.2. The number of carbonyl (C=O) groups excluding carboxylic acids is 2. The van der Waals surface area contributed by atoms with E-state index >= 15 is 0 Å². The molecule has 1 aromatic carbocycles. The Bertz CT molecular complexity index is 658. The summed E-state index contributed by atoms with van der Waals surface area (Å²) in [4.78, 5) is 24.6. The number of benzene rings is 1. The van der Waals surface area contributed by atoms with Crippen molar-refractivity contribution in [3.05, 3.63) is 53.4 Å². The summed E-state index contributed by atoms with van der Waals surface area (Å²) in [5, 5.41) is 0. The molecule has 5 heteroatoms. The van der Waals surface area contributed by atoms with E-state index in [1.54, 1.807) is 24.3 Å². The van der Waals surface area contributed by atoms with Crippen LogP contribution in [-0.4, -0.2) is 25.2 Å². The number of hydrogen-bond donors (Lipinski definition) is 0. The summed E-state index contributed by atoms with van der Waals surface area (Å²) < 4.78 is 9.44. The molecule has 0 radical (unpaired) electrons. The van der Waals surface area contributed by atoms with Gasteiger partial charge in [-0.15, -0.1) is 11.3 Å². The second-order valence-electron chi connectivity index (χ2n) is 4.31. The fourth-order valence-corrected chi connectivity index (χ4v) is 2.65. The van der Waals surface area contributed by atoms with Gasteiger partial charge in [-0.3, -0.25) is 0 Å². The zero-order valence-electron chi connectivity index (χ0n) is 12.2. The van der Waals surface area contributed by atoms with Gasteiger partial charge in [0.15, 0.2) is 6.61 Å². The summed E-state index contributed by atoms with van der Waals surface area (Å²) in [5.41, 5.74) is 1.14. The largest absolute Gasteiger partial charge is 0.463 e. The normalized spacial score (nSPS) is 10.6. The van der Waals surface area contributed by atoms with E-state index in [-0.39, 0.29) is 13.2 Å². The van der Waals surface area contributed by atoms with Gasteiger partial charge in [0, 0.05) is 15.8 Å². The topological polar surface area (TPSA) is 52.6 Å². The molecular weight excluding hydrogens is 300 g/mol. The van der Waals surface area contributed by atoms with Gasteiger partial charge in [-0.05, 0) is 30.7 Å². The van der Waals surface area contributed by atoms with E-state index in [2.05, 4.69) is 4.74 Å². The van der Waals surface area contributed by atoms with Crippen molar-refractivity contribution in [2.75, 3.05) is 13.2 Å². The van der Waals surface area contributed by atoms with E-state index in [1.165, 1.54) is 6.08 Å². The molecule has 2 aromatic rings. The third-order valence-electron chi connectivity index (χ3n) is 2.71. The van der Waals surface area contributed by atoms with Crippen molar-refractivity contribution in [3.8, 4) is 10.4 Å². The van der Waals surface area contributed by atoms with Crippen LogP contribution in [0.3, 0.4) is 0 Å². The van der Waals surface area contributed by atoms with Gasteiger partial charge in [0.1, 0.15) is 0 Å². The van der Waals surface area contributed by atoms with Crippen LogP contribution in [0.4, 0.5) is 0 Å². The summed E-state index contributed by atoms with van der Waals surface area (Å²) in [6.45, 7) is 1.60. The third kappa shape index (κ3) is 4.86. The Balaban J connectivity index is 1.90. The van der Waals surface area contributed by atoms with Crippen LogP contribution in [-0.2, 0) is 19.1 Å². The van der Waals surface area contributed by atoms with Crippen molar-refractivity contribution < 1.29 is 19.1 Å². The monoisotopic (exact) mass is 316 g/mol. The van der Waals surface area contributed by atoms with E-state index in [1.807, 2.05) is 42.5 Å². The Kier molecular flexibility index (Phi) is 5.91. The van der Waals surface area contributed by atoms with Crippen LogP contribution >= 0.6 is 11.3 Å². The molecular formula is C17H16O4S. The number of rotatable bonds is 6. The van der Waals surface area contributed by atoms with Crippen LogP contribution in [0.2, 0.25) is 0 Å². The van der Waals surface area contributed by atoms with Crippen molar-refractivity contribution in [2.24, 2.45) is 0 Å². The Morgan fingerprint density at radius 3 is 2.59 bits per heavy atom. The van der Waals surface area contributed by atoms with Crippen molar-refractivity contribution >= 4 is 29.4 Å². The first-order valence-electron chi connectivity index (χ1n) is 6.84. The highest BCUT2D eigenvalue weighted by molar-refractivity contribution is 7.16. The maximum Gasteiger partial charge on any atom is 0.344 e. The average Bonchev–Trinajstić information content (AvgIpc) is 3.01. The van der Waals surface area contributed by atoms with E-state index < -0.39 is 11.9 Å². The van der Waals surface area contributed by atoms with Crippen LogP contribution in [0.1, 0.15) is 11.8 Å². The SMILES string of the molecule is CCOC(=O)COC(=O)/C=C/c1ccc(-c2ccccc2)s1. The molecule has 0 saturated carbocycles. The molecule has 0 aliphatic heterocycles. The van der Waals surface area contributed by atoms with Gasteiger partial charge in [-0.25, -0.2) is 9.59 Å². The lowest BCUT2D eigenvalue weighted by molar-refractivity contribution is -0.155. The van der Waals surface area contributed by atoms with Gasteiger partial charge >= 0.3 is 11.9 Å². The summed E-state index contributed by atoms with van der Waals surface area (Å²) in [7, 11) is 0. The molecule has 0 amide bonds. The Hall–Kier alpha value is -2.40. The second-order valence-corrected chi connectivity index (χ2v) is 5.43. The van der Waals surface area contributed by atoms with Gasteiger partial charge in [0.25, 0.3) is 0 Å². The Labute approximate surface area is 133 Å². The first-order chi connectivity index (χ1) is 10.7. The van der Waals surface area contributed by atoms with Crippen LogP contribution in [0.15, 0.2) is 48.5 Å².